The Bertz CT molecular complexity index is 336. The Morgan fingerprint density at radius 2 is 1.81 bits per heavy atom. The minimum absolute atomic E-state index is 0.00250. The van der Waals surface area contributed by atoms with Gasteiger partial charge in [0.1, 0.15) is 0 Å². The van der Waals surface area contributed by atoms with E-state index in [2.05, 4.69) is 18.7 Å². The quantitative estimate of drug-likeness (QED) is 0.734. The number of rotatable bonds is 4. The van der Waals surface area contributed by atoms with Gasteiger partial charge in [0, 0.05) is 5.54 Å². The van der Waals surface area contributed by atoms with E-state index < -0.39 is 0 Å². The molecular formula is C18H33NO2. The minimum Gasteiger partial charge on any atom is -0.466 e. The zero-order valence-electron chi connectivity index (χ0n) is 14.2. The molecule has 3 nitrogen and oxygen atoms in total. The van der Waals surface area contributed by atoms with Gasteiger partial charge in [-0.25, -0.2) is 0 Å². The second kappa shape index (κ2) is 7.62. The number of ether oxygens (including phenoxy) is 1. The molecule has 2 fully saturated rings. The Morgan fingerprint density at radius 3 is 2.43 bits per heavy atom. The topological polar surface area (TPSA) is 29.5 Å². The minimum atomic E-state index is 0.00250. The van der Waals surface area contributed by atoms with Crippen molar-refractivity contribution in [3.8, 4) is 0 Å². The van der Waals surface area contributed by atoms with Gasteiger partial charge >= 0.3 is 5.97 Å². The molecule has 0 bridgehead atoms. The van der Waals surface area contributed by atoms with Crippen molar-refractivity contribution < 1.29 is 9.53 Å². The molecule has 3 unspecified atom stereocenters. The first-order valence-electron chi connectivity index (χ1n) is 8.99. The van der Waals surface area contributed by atoms with Gasteiger partial charge in [-0.3, -0.25) is 9.69 Å². The highest BCUT2D eigenvalue weighted by Gasteiger charge is 2.46. The van der Waals surface area contributed by atoms with Crippen molar-refractivity contribution in [2.24, 2.45) is 11.8 Å². The lowest BCUT2D eigenvalue weighted by Crippen LogP contribution is -2.57. The normalized spacial score (nSPS) is 35.2. The lowest BCUT2D eigenvalue weighted by Gasteiger charge is -2.51. The van der Waals surface area contributed by atoms with E-state index in [-0.39, 0.29) is 11.5 Å². The number of nitrogens with zero attached hydrogens (tertiary/aromatic N) is 1. The molecule has 1 heterocycles. The molecule has 3 atom stereocenters. The van der Waals surface area contributed by atoms with Crippen molar-refractivity contribution in [2.75, 3.05) is 19.7 Å². The molecular weight excluding hydrogens is 262 g/mol. The maximum absolute atomic E-state index is 12.2. The molecule has 1 saturated carbocycles. The average molecular weight is 295 g/mol. The fraction of sp³-hybridized carbons (Fsp3) is 0.944. The summed E-state index contributed by atoms with van der Waals surface area (Å²) in [5.74, 6) is 1.32. The highest BCUT2D eigenvalue weighted by molar-refractivity contribution is 5.71. The Labute approximate surface area is 130 Å². The first kappa shape index (κ1) is 16.8. The Morgan fingerprint density at radius 1 is 1.14 bits per heavy atom. The second-order valence-corrected chi connectivity index (χ2v) is 7.27. The molecule has 0 amide bonds. The number of likely N-dealkylation sites (tertiary alicyclic amines) is 1. The molecule has 1 aliphatic carbocycles. The van der Waals surface area contributed by atoms with Crippen LogP contribution in [0.2, 0.25) is 0 Å². The third-order valence-electron chi connectivity index (χ3n) is 5.70. The number of carbonyl (C=O) groups excluding carboxylic acids is 1. The van der Waals surface area contributed by atoms with Crippen LogP contribution in [0.5, 0.6) is 0 Å². The number of carbonyl (C=O) groups is 1. The molecule has 2 rings (SSSR count). The summed E-state index contributed by atoms with van der Waals surface area (Å²) in [7, 11) is 0. The predicted molar refractivity (Wildman–Crippen MR) is 86.2 cm³/mol. The molecule has 21 heavy (non-hydrogen) atoms. The van der Waals surface area contributed by atoms with Crippen LogP contribution in [0.25, 0.3) is 0 Å². The average Bonchev–Trinajstić information content (AvgIpc) is 2.72. The third kappa shape index (κ3) is 4.00. The highest BCUT2D eigenvalue weighted by Crippen LogP contribution is 2.44. The Kier molecular flexibility index (Phi) is 6.09. The van der Waals surface area contributed by atoms with Crippen molar-refractivity contribution in [3.05, 3.63) is 0 Å². The molecule has 0 aromatic carbocycles. The van der Waals surface area contributed by atoms with E-state index in [1.807, 2.05) is 6.92 Å². The van der Waals surface area contributed by atoms with Crippen LogP contribution in [0.15, 0.2) is 0 Å². The first-order valence-corrected chi connectivity index (χ1v) is 8.99. The summed E-state index contributed by atoms with van der Waals surface area (Å²) in [4.78, 5) is 14.9. The van der Waals surface area contributed by atoms with Crippen molar-refractivity contribution >= 4 is 5.97 Å². The summed E-state index contributed by atoms with van der Waals surface area (Å²) in [6, 6.07) is 0. The van der Waals surface area contributed by atoms with E-state index in [1.54, 1.807) is 0 Å². The van der Waals surface area contributed by atoms with Crippen LogP contribution < -0.4 is 0 Å². The van der Waals surface area contributed by atoms with Gasteiger partial charge in [-0.05, 0) is 57.5 Å². The molecule has 122 valence electrons. The first-order chi connectivity index (χ1) is 10.1. The third-order valence-corrected chi connectivity index (χ3v) is 5.70. The maximum atomic E-state index is 12.2. The summed E-state index contributed by atoms with van der Waals surface area (Å²) >= 11 is 0. The second-order valence-electron chi connectivity index (χ2n) is 7.27. The predicted octanol–water partition coefficient (Wildman–Crippen LogP) is 4.01. The summed E-state index contributed by atoms with van der Waals surface area (Å²) in [6.45, 7) is 9.44. The number of hydrogen-bond acceptors (Lipinski definition) is 3. The molecule has 3 heteroatoms. The molecule has 0 spiro atoms. The van der Waals surface area contributed by atoms with Crippen molar-refractivity contribution in [3.63, 3.8) is 0 Å². The lowest BCUT2D eigenvalue weighted by atomic mass is 9.67. The summed E-state index contributed by atoms with van der Waals surface area (Å²) in [5, 5.41) is 0. The van der Waals surface area contributed by atoms with E-state index in [1.165, 1.54) is 38.5 Å². The van der Waals surface area contributed by atoms with Crippen LogP contribution in [-0.2, 0) is 9.53 Å². The van der Waals surface area contributed by atoms with Gasteiger partial charge in [0.2, 0.25) is 0 Å². The van der Waals surface area contributed by atoms with Gasteiger partial charge in [0.25, 0.3) is 0 Å². The van der Waals surface area contributed by atoms with Crippen LogP contribution in [0, 0.1) is 11.8 Å². The van der Waals surface area contributed by atoms with Gasteiger partial charge in [-0.15, -0.1) is 0 Å². The number of hydrogen-bond donors (Lipinski definition) is 0. The molecule has 0 aromatic rings. The lowest BCUT2D eigenvalue weighted by molar-refractivity contribution is -0.149. The molecule has 2 aliphatic rings. The monoisotopic (exact) mass is 295 g/mol. The number of esters is 1. The summed E-state index contributed by atoms with van der Waals surface area (Å²) in [6.07, 6.45) is 9.55. The zero-order chi connectivity index (χ0) is 15.3. The van der Waals surface area contributed by atoms with Crippen LogP contribution >= 0.6 is 0 Å². The van der Waals surface area contributed by atoms with Gasteiger partial charge < -0.3 is 4.74 Å². The molecule has 1 saturated heterocycles. The van der Waals surface area contributed by atoms with Crippen molar-refractivity contribution in [1.82, 2.24) is 4.90 Å². The highest BCUT2D eigenvalue weighted by atomic mass is 16.5. The van der Waals surface area contributed by atoms with Gasteiger partial charge in [0.15, 0.2) is 0 Å². The zero-order valence-corrected chi connectivity index (χ0v) is 14.2. The largest absolute Gasteiger partial charge is 0.466 e. The molecule has 0 radical (unpaired) electrons. The smallest absolute Gasteiger partial charge is 0.307 e. The van der Waals surface area contributed by atoms with E-state index >= 15 is 0 Å². The van der Waals surface area contributed by atoms with E-state index in [0.29, 0.717) is 18.9 Å². The van der Waals surface area contributed by atoms with Gasteiger partial charge in [0.05, 0.1) is 13.0 Å². The summed E-state index contributed by atoms with van der Waals surface area (Å²) < 4.78 is 5.31. The summed E-state index contributed by atoms with van der Waals surface area (Å²) in [5.41, 5.74) is 0.0499. The SMILES string of the molecule is CCOC(=O)CC1(N2CCCCCC2)CC(C)CCC1C. The van der Waals surface area contributed by atoms with Crippen LogP contribution in [0.3, 0.4) is 0 Å². The Hall–Kier alpha value is -0.570. The van der Waals surface area contributed by atoms with Gasteiger partial charge in [-0.1, -0.05) is 33.1 Å². The van der Waals surface area contributed by atoms with Crippen LogP contribution in [-0.4, -0.2) is 36.1 Å². The van der Waals surface area contributed by atoms with Crippen LogP contribution in [0.1, 0.15) is 72.1 Å². The van der Waals surface area contributed by atoms with Crippen molar-refractivity contribution in [2.45, 2.75) is 77.7 Å². The molecule has 0 N–H and O–H groups in total. The van der Waals surface area contributed by atoms with E-state index in [0.717, 1.165) is 25.4 Å². The fourth-order valence-electron chi connectivity index (χ4n) is 4.49. The van der Waals surface area contributed by atoms with Gasteiger partial charge in [-0.2, -0.15) is 0 Å². The van der Waals surface area contributed by atoms with E-state index in [4.69, 9.17) is 4.74 Å². The maximum Gasteiger partial charge on any atom is 0.307 e. The van der Waals surface area contributed by atoms with Crippen molar-refractivity contribution in [1.29, 1.82) is 0 Å². The fourth-order valence-corrected chi connectivity index (χ4v) is 4.49. The molecule has 0 aromatic heterocycles. The Balaban J connectivity index is 2.20. The molecule has 1 aliphatic heterocycles. The standard InChI is InChI=1S/C18H33NO2/c1-4-21-17(20)14-18(13-15(2)9-10-16(18)3)19-11-7-5-6-8-12-19/h15-16H,4-14H2,1-3H3. The van der Waals surface area contributed by atoms with Crippen LogP contribution in [0.4, 0.5) is 0 Å². The van der Waals surface area contributed by atoms with E-state index in [9.17, 15) is 4.79 Å².